The van der Waals surface area contributed by atoms with E-state index >= 15 is 0 Å². The van der Waals surface area contributed by atoms with Gasteiger partial charge in [-0.05, 0) is 49.1 Å². The van der Waals surface area contributed by atoms with Gasteiger partial charge in [-0.3, -0.25) is 4.79 Å². The average molecular weight is 357 g/mol. The Morgan fingerprint density at radius 3 is 2.38 bits per heavy atom. The van der Waals surface area contributed by atoms with E-state index in [0.717, 1.165) is 45.2 Å². The van der Waals surface area contributed by atoms with E-state index in [2.05, 4.69) is 38.1 Å². The fraction of sp³-hybridized carbons (Fsp3) is 0.682. The van der Waals surface area contributed by atoms with Crippen LogP contribution in [0.15, 0.2) is 24.3 Å². The Morgan fingerprint density at radius 1 is 1.19 bits per heavy atom. The zero-order valence-corrected chi connectivity index (χ0v) is 16.0. The number of amides is 1. The maximum absolute atomic E-state index is 13.0. The summed E-state index contributed by atoms with van der Waals surface area (Å²) in [5.41, 5.74) is 2.43. The molecule has 1 aromatic rings. The van der Waals surface area contributed by atoms with Gasteiger partial charge in [-0.2, -0.15) is 0 Å². The molecule has 2 aliphatic heterocycles. The molecule has 0 aromatic heterocycles. The molecule has 2 atom stereocenters. The Hall–Kier alpha value is -1.39. The van der Waals surface area contributed by atoms with Gasteiger partial charge in [0.15, 0.2) is 0 Å². The molecule has 0 bridgehead atoms. The highest BCUT2D eigenvalue weighted by Gasteiger charge is 2.45. The predicted octanol–water partition coefficient (Wildman–Crippen LogP) is 2.96. The van der Waals surface area contributed by atoms with Crippen LogP contribution in [0, 0.1) is 11.8 Å². The zero-order valence-electron chi connectivity index (χ0n) is 16.0. The maximum Gasteiger partial charge on any atom is 0.226 e. The van der Waals surface area contributed by atoms with Crippen LogP contribution in [-0.4, -0.2) is 46.8 Å². The molecule has 0 saturated carbocycles. The molecule has 142 valence electrons. The van der Waals surface area contributed by atoms with Crippen LogP contribution < -0.4 is 0 Å². The number of benzene rings is 1. The summed E-state index contributed by atoms with van der Waals surface area (Å²) in [6.45, 7) is 5.83. The van der Waals surface area contributed by atoms with Crippen LogP contribution in [0.25, 0.3) is 0 Å². The molecular weight excluding hydrogens is 326 g/mol. The highest BCUT2D eigenvalue weighted by atomic mass is 16.5. The van der Waals surface area contributed by atoms with E-state index < -0.39 is 0 Å². The summed E-state index contributed by atoms with van der Waals surface area (Å²) in [5.74, 6) is 0.814. The second kappa shape index (κ2) is 6.97. The molecule has 2 saturated heterocycles. The van der Waals surface area contributed by atoms with Crippen molar-refractivity contribution in [3.05, 3.63) is 35.4 Å². The molecule has 4 nitrogen and oxygen atoms in total. The number of nitrogens with zero attached hydrogens (tertiary/aromatic N) is 1. The maximum atomic E-state index is 13.0. The number of hydrogen-bond acceptors (Lipinski definition) is 3. The Bertz CT molecular complexity index is 638. The standard InChI is InChI=1S/C22H31NO3/c1-15(2)20-13-19(24)14-22(26-20)7-9-23(10-8-22)21(25)18-11-16-5-3-4-6-17(16)12-18/h3-6,15,18-20,24H,7-14H2,1-2H3/t19-,20-/m1/s1. The van der Waals surface area contributed by atoms with Gasteiger partial charge in [-0.1, -0.05) is 38.1 Å². The third kappa shape index (κ3) is 3.41. The topological polar surface area (TPSA) is 49.8 Å². The summed E-state index contributed by atoms with van der Waals surface area (Å²) >= 11 is 0. The van der Waals surface area contributed by atoms with Gasteiger partial charge in [0, 0.05) is 25.4 Å². The fourth-order valence-electron chi connectivity index (χ4n) is 5.05. The Morgan fingerprint density at radius 2 is 1.81 bits per heavy atom. The van der Waals surface area contributed by atoms with Crippen molar-refractivity contribution >= 4 is 5.91 Å². The minimum atomic E-state index is -0.275. The second-order valence-electron chi connectivity index (χ2n) is 8.88. The Labute approximate surface area is 156 Å². The molecular formula is C22H31NO3. The van der Waals surface area contributed by atoms with Crippen LogP contribution in [0.4, 0.5) is 0 Å². The van der Waals surface area contributed by atoms with Gasteiger partial charge in [-0.15, -0.1) is 0 Å². The van der Waals surface area contributed by atoms with E-state index in [1.54, 1.807) is 0 Å². The number of carbonyl (C=O) groups is 1. The number of rotatable bonds is 2. The summed E-state index contributed by atoms with van der Waals surface area (Å²) in [6.07, 6.45) is 4.75. The molecule has 1 amide bonds. The van der Waals surface area contributed by atoms with Crippen LogP contribution in [0.2, 0.25) is 0 Å². The van der Waals surface area contributed by atoms with Gasteiger partial charge in [0.2, 0.25) is 5.91 Å². The second-order valence-corrected chi connectivity index (χ2v) is 8.88. The monoisotopic (exact) mass is 357 g/mol. The fourth-order valence-corrected chi connectivity index (χ4v) is 5.05. The number of aliphatic hydroxyl groups excluding tert-OH is 1. The van der Waals surface area contributed by atoms with Crippen molar-refractivity contribution in [2.75, 3.05) is 13.1 Å². The first-order chi connectivity index (χ1) is 12.5. The first-order valence-corrected chi connectivity index (χ1v) is 10.2. The van der Waals surface area contributed by atoms with E-state index in [9.17, 15) is 9.90 Å². The molecule has 4 rings (SSSR count). The summed E-state index contributed by atoms with van der Waals surface area (Å²) in [7, 11) is 0. The molecule has 1 aliphatic carbocycles. The van der Waals surface area contributed by atoms with Crippen LogP contribution in [0.3, 0.4) is 0 Å². The number of aliphatic hydroxyl groups is 1. The number of fused-ring (bicyclic) bond motifs is 1. The lowest BCUT2D eigenvalue weighted by atomic mass is 9.80. The van der Waals surface area contributed by atoms with Gasteiger partial charge in [0.1, 0.15) is 0 Å². The van der Waals surface area contributed by atoms with Gasteiger partial charge in [-0.25, -0.2) is 0 Å². The molecule has 1 spiro atoms. The van der Waals surface area contributed by atoms with Crippen LogP contribution in [0.1, 0.15) is 50.7 Å². The van der Waals surface area contributed by atoms with Crippen LogP contribution in [0.5, 0.6) is 0 Å². The lowest BCUT2D eigenvalue weighted by Crippen LogP contribution is -2.55. The minimum absolute atomic E-state index is 0.0997. The van der Waals surface area contributed by atoms with Crippen molar-refractivity contribution in [3.63, 3.8) is 0 Å². The first kappa shape index (κ1) is 18.0. The van der Waals surface area contributed by atoms with E-state index in [1.165, 1.54) is 11.1 Å². The highest BCUT2D eigenvalue weighted by molar-refractivity contribution is 5.80. The SMILES string of the molecule is CC(C)[C@H]1C[C@@H](O)CC2(CCN(C(=O)C3Cc4ccccc4C3)CC2)O1. The third-order valence-electron chi connectivity index (χ3n) is 6.64. The number of hydrogen-bond donors (Lipinski definition) is 1. The van der Waals surface area contributed by atoms with Gasteiger partial charge >= 0.3 is 0 Å². The molecule has 3 aliphatic rings. The van der Waals surface area contributed by atoms with Crippen LogP contribution >= 0.6 is 0 Å². The van der Waals surface area contributed by atoms with Crippen LogP contribution in [-0.2, 0) is 22.4 Å². The Balaban J connectivity index is 1.37. The average Bonchev–Trinajstić information content (AvgIpc) is 3.05. The summed E-state index contributed by atoms with van der Waals surface area (Å²) in [4.78, 5) is 15.1. The number of likely N-dealkylation sites (tertiary alicyclic amines) is 1. The molecule has 0 unspecified atom stereocenters. The Kier molecular flexibility index (Phi) is 4.83. The molecule has 2 heterocycles. The number of piperidine rings is 1. The van der Waals surface area contributed by atoms with Crippen molar-refractivity contribution in [1.82, 2.24) is 4.90 Å². The van der Waals surface area contributed by atoms with Gasteiger partial charge < -0.3 is 14.7 Å². The normalized spacial score (nSPS) is 28.5. The largest absolute Gasteiger partial charge is 0.393 e. The molecule has 1 aromatic carbocycles. The summed E-state index contributed by atoms with van der Waals surface area (Å²) in [6, 6.07) is 8.43. The first-order valence-electron chi connectivity index (χ1n) is 10.2. The van der Waals surface area contributed by atoms with Crippen molar-refractivity contribution in [3.8, 4) is 0 Å². The summed E-state index contributed by atoms with van der Waals surface area (Å²) in [5, 5.41) is 10.3. The van der Waals surface area contributed by atoms with Crippen molar-refractivity contribution in [2.45, 2.75) is 70.2 Å². The quantitative estimate of drug-likeness (QED) is 0.885. The van der Waals surface area contributed by atoms with E-state index in [0.29, 0.717) is 18.2 Å². The van der Waals surface area contributed by atoms with Crippen molar-refractivity contribution < 1.29 is 14.6 Å². The van der Waals surface area contributed by atoms with Crippen molar-refractivity contribution in [2.24, 2.45) is 11.8 Å². The molecule has 0 radical (unpaired) electrons. The van der Waals surface area contributed by atoms with Gasteiger partial charge in [0.05, 0.1) is 17.8 Å². The molecule has 26 heavy (non-hydrogen) atoms. The minimum Gasteiger partial charge on any atom is -0.393 e. The lowest BCUT2D eigenvalue weighted by molar-refractivity contribution is -0.194. The summed E-state index contributed by atoms with van der Waals surface area (Å²) < 4.78 is 6.45. The van der Waals surface area contributed by atoms with E-state index in [4.69, 9.17) is 4.74 Å². The third-order valence-corrected chi connectivity index (χ3v) is 6.64. The van der Waals surface area contributed by atoms with Crippen molar-refractivity contribution in [1.29, 1.82) is 0 Å². The predicted molar refractivity (Wildman–Crippen MR) is 101 cm³/mol. The highest BCUT2D eigenvalue weighted by Crippen LogP contribution is 2.40. The zero-order chi connectivity index (χ0) is 18.3. The number of ether oxygens (including phenoxy) is 1. The smallest absolute Gasteiger partial charge is 0.226 e. The molecule has 1 N–H and O–H groups in total. The lowest BCUT2D eigenvalue weighted by Gasteiger charge is -2.49. The molecule has 2 fully saturated rings. The number of carbonyl (C=O) groups excluding carboxylic acids is 1. The molecule has 4 heteroatoms. The van der Waals surface area contributed by atoms with E-state index in [1.807, 2.05) is 4.90 Å². The van der Waals surface area contributed by atoms with E-state index in [-0.39, 0.29) is 23.7 Å². The van der Waals surface area contributed by atoms with Gasteiger partial charge in [0.25, 0.3) is 0 Å².